The summed E-state index contributed by atoms with van der Waals surface area (Å²) in [5, 5.41) is 24.4. The Labute approximate surface area is 84.2 Å². The summed E-state index contributed by atoms with van der Waals surface area (Å²) in [6.45, 7) is 0.471. The predicted octanol–water partition coefficient (Wildman–Crippen LogP) is -1.53. The molecule has 2 fully saturated rings. The maximum atomic E-state index is 10.3. The number of aliphatic hydroxyl groups is 1. The Balaban J connectivity index is 1.89. The Morgan fingerprint density at radius 3 is 3.47 bits per heavy atom. The van der Waals surface area contributed by atoms with Crippen LogP contribution in [0.5, 0.6) is 0 Å². The van der Waals surface area contributed by atoms with E-state index in [1.54, 1.807) is 4.68 Å². The number of aromatic nitrogens is 4. The fourth-order valence-electron chi connectivity index (χ4n) is 2.47. The monoisotopic (exact) mass is 211 g/mol. The van der Waals surface area contributed by atoms with E-state index in [1.807, 2.05) is 0 Å². The van der Waals surface area contributed by atoms with Gasteiger partial charge in [0.25, 0.3) is 0 Å². The summed E-state index contributed by atoms with van der Waals surface area (Å²) >= 11 is 0. The second kappa shape index (κ2) is 2.29. The van der Waals surface area contributed by atoms with Gasteiger partial charge < -0.3 is 19.9 Å². The minimum atomic E-state index is -1.21. The van der Waals surface area contributed by atoms with E-state index in [4.69, 9.17) is 9.47 Å². The van der Waals surface area contributed by atoms with Crippen molar-refractivity contribution < 1.29 is 14.6 Å². The second-order valence-corrected chi connectivity index (χ2v) is 4.11. The van der Waals surface area contributed by atoms with Crippen molar-refractivity contribution in [2.24, 2.45) is 0 Å². The average Bonchev–Trinajstić information content (AvgIpc) is 2.80. The van der Waals surface area contributed by atoms with Crippen molar-refractivity contribution in [2.45, 2.75) is 30.6 Å². The molecule has 1 aromatic heterocycles. The third-order valence-corrected chi connectivity index (χ3v) is 3.18. The first kappa shape index (κ1) is 7.97. The van der Waals surface area contributed by atoms with Crippen LogP contribution in [0.4, 0.5) is 5.95 Å². The van der Waals surface area contributed by atoms with Crippen LogP contribution < -0.4 is 5.32 Å². The quantitative estimate of drug-likeness (QED) is 0.537. The number of anilines is 1. The molecular formula is C7H9N5O3. The van der Waals surface area contributed by atoms with Gasteiger partial charge in [0.05, 0.1) is 12.6 Å². The van der Waals surface area contributed by atoms with Gasteiger partial charge in [-0.25, -0.2) is 4.68 Å². The fraction of sp³-hybridized carbons (Fsp3) is 0.857. The smallest absolute Gasteiger partial charge is 0.245 e. The minimum Gasteiger partial charge on any atom is -0.366 e. The van der Waals surface area contributed by atoms with Gasteiger partial charge in [-0.15, -0.1) is 0 Å². The van der Waals surface area contributed by atoms with Crippen LogP contribution in [-0.2, 0) is 9.47 Å². The highest BCUT2D eigenvalue weighted by Gasteiger charge is 2.57. The Morgan fingerprint density at radius 2 is 2.53 bits per heavy atom. The van der Waals surface area contributed by atoms with E-state index in [2.05, 4.69) is 20.8 Å². The summed E-state index contributed by atoms with van der Waals surface area (Å²) in [7, 11) is 0. The molecule has 1 aromatic rings. The van der Waals surface area contributed by atoms with Crippen LogP contribution >= 0.6 is 0 Å². The highest BCUT2D eigenvalue weighted by Crippen LogP contribution is 2.44. The maximum absolute atomic E-state index is 10.3. The summed E-state index contributed by atoms with van der Waals surface area (Å²) in [5.41, 5.74) is -1.21. The predicted molar refractivity (Wildman–Crippen MR) is 44.7 cm³/mol. The Hall–Kier alpha value is -1.25. The molecule has 0 unspecified atom stereocenters. The third-order valence-electron chi connectivity index (χ3n) is 3.18. The Bertz CT molecular complexity index is 423. The Kier molecular flexibility index (Phi) is 1.21. The number of ether oxygens (including phenoxy) is 2. The van der Waals surface area contributed by atoms with Crippen LogP contribution in [0.25, 0.3) is 0 Å². The number of tetrazole rings is 1. The molecule has 0 aromatic carbocycles. The topological polar surface area (TPSA) is 94.3 Å². The van der Waals surface area contributed by atoms with E-state index >= 15 is 0 Å². The molecule has 8 heteroatoms. The maximum Gasteiger partial charge on any atom is 0.245 e. The van der Waals surface area contributed by atoms with Gasteiger partial charge in [0.2, 0.25) is 12.2 Å². The highest BCUT2D eigenvalue weighted by molar-refractivity contribution is 5.32. The van der Waals surface area contributed by atoms with Crippen LogP contribution in [0.15, 0.2) is 0 Å². The molecule has 0 spiro atoms. The normalized spacial score (nSPS) is 46.1. The third kappa shape index (κ3) is 0.845. The van der Waals surface area contributed by atoms with Crippen molar-refractivity contribution in [1.82, 2.24) is 20.2 Å². The van der Waals surface area contributed by atoms with Gasteiger partial charge in [-0.1, -0.05) is 5.10 Å². The average molecular weight is 211 g/mol. The summed E-state index contributed by atoms with van der Waals surface area (Å²) in [5.74, 6) is 0.470. The van der Waals surface area contributed by atoms with Crippen LogP contribution in [-0.4, -0.2) is 50.0 Å². The number of nitrogens with zero attached hydrogens (tertiary/aromatic N) is 4. The lowest BCUT2D eigenvalue weighted by Crippen LogP contribution is -2.58. The molecule has 0 amide bonds. The molecule has 8 nitrogen and oxygen atoms in total. The zero-order chi connectivity index (χ0) is 10.0. The van der Waals surface area contributed by atoms with Gasteiger partial charge >= 0.3 is 0 Å². The van der Waals surface area contributed by atoms with Crippen LogP contribution in [0.1, 0.15) is 12.5 Å². The minimum absolute atomic E-state index is 0.0556. The van der Waals surface area contributed by atoms with Gasteiger partial charge in [0, 0.05) is 6.42 Å². The Morgan fingerprint density at radius 1 is 1.60 bits per heavy atom. The van der Waals surface area contributed by atoms with Gasteiger partial charge in [0.15, 0.2) is 5.72 Å². The number of rotatable bonds is 0. The van der Waals surface area contributed by atoms with Crippen LogP contribution in [0.3, 0.4) is 0 Å². The van der Waals surface area contributed by atoms with Crippen LogP contribution in [0.2, 0.25) is 0 Å². The molecule has 0 aliphatic carbocycles. The molecule has 3 aliphatic rings. The zero-order valence-corrected chi connectivity index (χ0v) is 7.70. The molecule has 0 radical (unpaired) electrons. The molecule has 4 rings (SSSR count). The van der Waals surface area contributed by atoms with Crippen molar-refractivity contribution >= 4 is 5.95 Å². The van der Waals surface area contributed by atoms with Crippen molar-refractivity contribution in [2.75, 3.05) is 11.9 Å². The first-order valence-electron chi connectivity index (χ1n) is 4.82. The van der Waals surface area contributed by atoms with Crippen molar-refractivity contribution in [3.05, 3.63) is 0 Å². The molecule has 15 heavy (non-hydrogen) atoms. The van der Waals surface area contributed by atoms with E-state index in [0.29, 0.717) is 19.0 Å². The molecule has 80 valence electrons. The first-order valence-corrected chi connectivity index (χ1v) is 4.82. The summed E-state index contributed by atoms with van der Waals surface area (Å²) < 4.78 is 12.6. The zero-order valence-electron chi connectivity index (χ0n) is 7.70. The molecule has 0 saturated carbocycles. The number of hydrogen-bond donors (Lipinski definition) is 2. The van der Waals surface area contributed by atoms with Crippen LogP contribution in [0, 0.1) is 0 Å². The fourth-order valence-corrected chi connectivity index (χ4v) is 2.47. The van der Waals surface area contributed by atoms with E-state index < -0.39 is 12.0 Å². The molecule has 2 saturated heterocycles. The van der Waals surface area contributed by atoms with Gasteiger partial charge in [-0.3, -0.25) is 0 Å². The van der Waals surface area contributed by atoms with Crippen molar-refractivity contribution in [3.63, 3.8) is 0 Å². The molecule has 4 heterocycles. The van der Waals surface area contributed by atoms with Crippen molar-refractivity contribution in [1.29, 1.82) is 0 Å². The largest absolute Gasteiger partial charge is 0.366 e. The molecular weight excluding hydrogens is 202 g/mol. The van der Waals surface area contributed by atoms with Gasteiger partial charge in [-0.2, -0.15) is 0 Å². The highest BCUT2D eigenvalue weighted by atomic mass is 16.7. The summed E-state index contributed by atoms with van der Waals surface area (Å²) in [6.07, 6.45) is -0.191. The molecule has 4 atom stereocenters. The number of nitrogens with one attached hydrogen (secondary N) is 1. The number of fused-ring (bicyclic) bond motifs is 8. The van der Waals surface area contributed by atoms with E-state index in [9.17, 15) is 5.11 Å². The molecule has 3 aliphatic heterocycles. The lowest BCUT2D eigenvalue weighted by Gasteiger charge is -2.43. The lowest BCUT2D eigenvalue weighted by molar-refractivity contribution is -0.215. The lowest BCUT2D eigenvalue weighted by atomic mass is 9.95. The summed E-state index contributed by atoms with van der Waals surface area (Å²) in [6, 6.07) is -0.0556. The second-order valence-electron chi connectivity index (χ2n) is 4.11. The van der Waals surface area contributed by atoms with E-state index in [-0.39, 0.29) is 12.1 Å². The van der Waals surface area contributed by atoms with Crippen molar-refractivity contribution in [3.8, 4) is 0 Å². The SMILES string of the molecule is O[C@@]12C[C@@H]([C@H]3CO[C@@H]1O3)n1nnnc1N2. The number of hydrogen-bond acceptors (Lipinski definition) is 7. The van der Waals surface area contributed by atoms with E-state index in [0.717, 1.165) is 0 Å². The van der Waals surface area contributed by atoms with E-state index in [1.165, 1.54) is 0 Å². The summed E-state index contributed by atoms with van der Waals surface area (Å²) in [4.78, 5) is 0. The molecule has 2 N–H and O–H groups in total. The van der Waals surface area contributed by atoms with Gasteiger partial charge in [0.1, 0.15) is 6.10 Å². The standard InChI is InChI=1S/C7H9N5O3/c13-7-1-3(4-2-14-5(7)15-4)12-6(8-7)9-10-11-12/h3-5,13H,1-2H2,(H,8,9,11)/t3-,4+,5+,7-/m0/s1. The molecule has 4 bridgehead atoms. The van der Waals surface area contributed by atoms with Gasteiger partial charge in [-0.05, 0) is 10.4 Å². The first-order chi connectivity index (χ1) is 7.26.